The zero-order valence-corrected chi connectivity index (χ0v) is 19.2. The van der Waals surface area contributed by atoms with E-state index in [1.807, 2.05) is 78.7 Å². The lowest BCUT2D eigenvalue weighted by atomic mass is 10.0. The topological polar surface area (TPSA) is 46.5 Å². The van der Waals surface area contributed by atoms with Crippen LogP contribution in [-0.2, 0) is 6.54 Å². The van der Waals surface area contributed by atoms with Crippen molar-refractivity contribution in [3.05, 3.63) is 112 Å². The van der Waals surface area contributed by atoms with E-state index in [2.05, 4.69) is 28.1 Å². The van der Waals surface area contributed by atoms with E-state index in [-0.39, 0.29) is 12.1 Å². The van der Waals surface area contributed by atoms with Crippen LogP contribution in [0, 0.1) is 6.92 Å². The zero-order chi connectivity index (χ0) is 22.9. The van der Waals surface area contributed by atoms with E-state index in [9.17, 15) is 4.79 Å². The largest absolute Gasteiger partial charge is 0.497 e. The van der Waals surface area contributed by atoms with Crippen molar-refractivity contribution in [2.75, 3.05) is 12.4 Å². The predicted molar refractivity (Wildman–Crippen MR) is 131 cm³/mol. The van der Waals surface area contributed by atoms with Gasteiger partial charge in [0.05, 0.1) is 36.1 Å². The van der Waals surface area contributed by atoms with Crippen LogP contribution >= 0.6 is 11.6 Å². The van der Waals surface area contributed by atoms with Gasteiger partial charge in [0.25, 0.3) is 0 Å². The fraction of sp³-hybridized carbons (Fsp3) is 0.148. The van der Waals surface area contributed by atoms with E-state index >= 15 is 0 Å². The summed E-state index contributed by atoms with van der Waals surface area (Å²) in [5.41, 5.74) is 5.77. The van der Waals surface area contributed by atoms with Gasteiger partial charge in [-0.2, -0.15) is 0 Å². The molecule has 0 saturated heterocycles. The van der Waals surface area contributed by atoms with Gasteiger partial charge in [0.15, 0.2) is 0 Å². The summed E-state index contributed by atoms with van der Waals surface area (Å²) in [6, 6.07) is 25.2. The Morgan fingerprint density at radius 2 is 1.82 bits per heavy atom. The smallest absolute Gasteiger partial charge is 0.323 e. The maximum atomic E-state index is 13.7. The van der Waals surface area contributed by atoms with Crippen molar-refractivity contribution in [1.82, 2.24) is 9.47 Å². The molecule has 2 heterocycles. The number of para-hydroxylation sites is 1. The van der Waals surface area contributed by atoms with E-state index in [4.69, 9.17) is 16.3 Å². The van der Waals surface area contributed by atoms with Crippen molar-refractivity contribution in [3.8, 4) is 11.4 Å². The molecule has 33 heavy (non-hydrogen) atoms. The number of amides is 2. The number of ether oxygens (including phenoxy) is 1. The van der Waals surface area contributed by atoms with Crippen molar-refractivity contribution < 1.29 is 9.53 Å². The summed E-state index contributed by atoms with van der Waals surface area (Å²) in [4.78, 5) is 15.6. The van der Waals surface area contributed by atoms with E-state index in [1.165, 1.54) is 0 Å². The lowest BCUT2D eigenvalue weighted by molar-refractivity contribution is 0.194. The maximum absolute atomic E-state index is 13.7. The number of aromatic nitrogens is 1. The normalized spacial score (nSPS) is 14.8. The fourth-order valence-electron chi connectivity index (χ4n) is 4.38. The first-order valence-electron chi connectivity index (χ1n) is 10.8. The summed E-state index contributed by atoms with van der Waals surface area (Å²) in [5, 5.41) is 3.55. The number of carbonyl (C=O) groups is 1. The molecule has 0 saturated carbocycles. The molecule has 5 nitrogen and oxygen atoms in total. The third-order valence-corrected chi connectivity index (χ3v) is 6.34. The maximum Gasteiger partial charge on any atom is 0.323 e. The number of rotatable bonds is 3. The van der Waals surface area contributed by atoms with Crippen LogP contribution in [0.1, 0.15) is 28.4 Å². The van der Waals surface area contributed by atoms with Crippen molar-refractivity contribution >= 4 is 23.3 Å². The monoisotopic (exact) mass is 457 g/mol. The van der Waals surface area contributed by atoms with Crippen LogP contribution in [0.15, 0.2) is 85.1 Å². The second-order valence-electron chi connectivity index (χ2n) is 8.15. The zero-order valence-electron chi connectivity index (χ0n) is 18.5. The first kappa shape index (κ1) is 21.2. The molecule has 166 valence electrons. The number of methoxy groups -OCH3 is 1. The summed E-state index contributed by atoms with van der Waals surface area (Å²) in [5.74, 6) is 0.772. The van der Waals surface area contributed by atoms with Gasteiger partial charge in [-0.1, -0.05) is 48.0 Å². The first-order valence-corrected chi connectivity index (χ1v) is 11.2. The molecule has 0 spiro atoms. The quantitative estimate of drug-likeness (QED) is 0.377. The van der Waals surface area contributed by atoms with Crippen molar-refractivity contribution in [1.29, 1.82) is 0 Å². The highest BCUT2D eigenvalue weighted by molar-refractivity contribution is 6.33. The molecule has 6 heteroatoms. The molecule has 3 aromatic carbocycles. The van der Waals surface area contributed by atoms with Crippen LogP contribution in [0.4, 0.5) is 10.5 Å². The Bertz CT molecular complexity index is 1310. The third-order valence-electron chi connectivity index (χ3n) is 6.02. The second-order valence-corrected chi connectivity index (χ2v) is 8.56. The standard InChI is InChI=1S/C27H24ClN3O2/c1-18-9-14-23(22(28)16-18)29-27(32)31-17-20-6-3-4-7-24(20)30-15-5-8-25(30)26(31)19-10-12-21(33-2)13-11-19/h3-16,26H,17H2,1-2H3,(H,29,32). The van der Waals surface area contributed by atoms with Gasteiger partial charge in [0.1, 0.15) is 5.75 Å². The first-order chi connectivity index (χ1) is 16.0. The van der Waals surface area contributed by atoms with Gasteiger partial charge in [-0.15, -0.1) is 0 Å². The van der Waals surface area contributed by atoms with E-state index in [1.54, 1.807) is 7.11 Å². The Labute approximate surface area is 198 Å². The van der Waals surface area contributed by atoms with Crippen LogP contribution in [-0.4, -0.2) is 22.6 Å². The Kier molecular flexibility index (Phi) is 5.56. The summed E-state index contributed by atoms with van der Waals surface area (Å²) >= 11 is 6.42. The van der Waals surface area contributed by atoms with Crippen LogP contribution in [0.2, 0.25) is 5.02 Å². The highest BCUT2D eigenvalue weighted by atomic mass is 35.5. The Morgan fingerprint density at radius 3 is 2.58 bits per heavy atom. The minimum Gasteiger partial charge on any atom is -0.497 e. The number of urea groups is 1. The number of carbonyl (C=O) groups excluding carboxylic acids is 1. The van der Waals surface area contributed by atoms with Gasteiger partial charge < -0.3 is 19.5 Å². The van der Waals surface area contributed by atoms with E-state index in [0.29, 0.717) is 17.3 Å². The number of benzene rings is 3. The Balaban J connectivity index is 1.62. The van der Waals surface area contributed by atoms with E-state index < -0.39 is 0 Å². The third kappa shape index (κ3) is 3.96. The minimum atomic E-state index is -0.303. The molecule has 0 aliphatic carbocycles. The number of halogens is 1. The van der Waals surface area contributed by atoms with Crippen molar-refractivity contribution in [3.63, 3.8) is 0 Å². The average molecular weight is 458 g/mol. The fourth-order valence-corrected chi connectivity index (χ4v) is 4.67. The molecule has 1 aromatic heterocycles. The number of fused-ring (bicyclic) bond motifs is 3. The molecule has 5 rings (SSSR count). The highest BCUT2D eigenvalue weighted by Crippen LogP contribution is 2.37. The average Bonchev–Trinajstić information content (AvgIpc) is 3.25. The highest BCUT2D eigenvalue weighted by Gasteiger charge is 2.33. The van der Waals surface area contributed by atoms with Gasteiger partial charge >= 0.3 is 6.03 Å². The van der Waals surface area contributed by atoms with Crippen molar-refractivity contribution in [2.24, 2.45) is 0 Å². The van der Waals surface area contributed by atoms with E-state index in [0.717, 1.165) is 33.8 Å². The lowest BCUT2D eigenvalue weighted by Crippen LogP contribution is -2.38. The number of anilines is 1. The second kappa shape index (κ2) is 8.68. The van der Waals surface area contributed by atoms with Gasteiger partial charge in [-0.3, -0.25) is 0 Å². The molecule has 1 N–H and O–H groups in total. The number of aryl methyl sites for hydroxylation is 1. The van der Waals surface area contributed by atoms with Gasteiger partial charge in [-0.25, -0.2) is 4.79 Å². The number of nitrogens with one attached hydrogen (secondary N) is 1. The summed E-state index contributed by atoms with van der Waals surface area (Å²) in [6.07, 6.45) is 2.04. The SMILES string of the molecule is COc1ccc(C2c3cccn3-c3ccccc3CN2C(=O)Nc2ccc(C)cc2Cl)cc1. The number of nitrogens with zero attached hydrogens (tertiary/aromatic N) is 2. The molecular weight excluding hydrogens is 434 g/mol. The molecule has 1 aliphatic rings. The van der Waals surface area contributed by atoms with Crippen LogP contribution in [0.25, 0.3) is 5.69 Å². The summed E-state index contributed by atoms with van der Waals surface area (Å²) in [6.45, 7) is 2.42. The molecule has 4 aromatic rings. The van der Waals surface area contributed by atoms with Gasteiger partial charge in [-0.05, 0) is 66.1 Å². The van der Waals surface area contributed by atoms with Crippen LogP contribution < -0.4 is 10.1 Å². The minimum absolute atomic E-state index is 0.217. The molecule has 0 fully saturated rings. The van der Waals surface area contributed by atoms with Gasteiger partial charge in [0, 0.05) is 11.9 Å². The molecule has 2 amide bonds. The molecule has 1 atom stereocenters. The lowest BCUT2D eigenvalue weighted by Gasteiger charge is -2.31. The Hall–Kier alpha value is -3.70. The van der Waals surface area contributed by atoms with Gasteiger partial charge in [0.2, 0.25) is 0 Å². The molecule has 1 unspecified atom stereocenters. The molecule has 1 aliphatic heterocycles. The van der Waals surface area contributed by atoms with Crippen LogP contribution in [0.3, 0.4) is 0 Å². The molecule has 0 radical (unpaired) electrons. The summed E-state index contributed by atoms with van der Waals surface area (Å²) in [7, 11) is 1.65. The van der Waals surface area contributed by atoms with Crippen LogP contribution in [0.5, 0.6) is 5.75 Å². The number of hydrogen-bond acceptors (Lipinski definition) is 2. The van der Waals surface area contributed by atoms with Crippen molar-refractivity contribution in [2.45, 2.75) is 19.5 Å². The number of hydrogen-bond donors (Lipinski definition) is 1. The molecule has 0 bridgehead atoms. The Morgan fingerprint density at radius 1 is 1.03 bits per heavy atom. The summed E-state index contributed by atoms with van der Waals surface area (Å²) < 4.78 is 7.51. The predicted octanol–water partition coefficient (Wildman–Crippen LogP) is 6.58. The molecular formula is C27H24ClN3O2.